The fourth-order valence-electron chi connectivity index (χ4n) is 0.139. The van der Waals surface area contributed by atoms with E-state index in [4.69, 9.17) is 5.11 Å². The summed E-state index contributed by atoms with van der Waals surface area (Å²) in [5, 5.41) is 17.2. The summed E-state index contributed by atoms with van der Waals surface area (Å²) in [4.78, 5) is 19.0. The number of carbonyl (C=O) groups excluding carboxylic acids is 1. The van der Waals surface area contributed by atoms with Gasteiger partial charge in [0.2, 0.25) is 0 Å². The summed E-state index contributed by atoms with van der Waals surface area (Å²) in [6.45, 7) is 0. The second-order valence-electron chi connectivity index (χ2n) is 0.991. The van der Waals surface area contributed by atoms with Gasteiger partial charge in [0, 0.05) is 6.08 Å². The highest BCUT2D eigenvalue weighted by atomic mass is 16.4. The smallest absolute Gasteiger partial charge is 0.545 e. The first-order chi connectivity index (χ1) is 3.63. The van der Waals surface area contributed by atoms with Gasteiger partial charge in [0.25, 0.3) is 0 Å². The molecule has 5 nitrogen and oxygen atoms in total. The Morgan fingerprint density at radius 3 is 2.00 bits per heavy atom. The molecule has 0 unspecified atom stereocenters. The highest BCUT2D eigenvalue weighted by Gasteiger charge is 1.81. The SMILES string of the molecule is O.O=C([O-])/C=C\C(=O)O.[H+]. The molecule has 0 aromatic rings. The molecular formula is C4H6O5. The van der Waals surface area contributed by atoms with Crippen LogP contribution in [0.4, 0.5) is 0 Å². The minimum atomic E-state index is -1.51. The summed E-state index contributed by atoms with van der Waals surface area (Å²) >= 11 is 0. The fraction of sp³-hybridized carbons (Fsp3) is 0. The standard InChI is InChI=1S/C4H4O4.H2O/c5-3(6)1-2-4(7)8;/h1-2H,(H,5,6)(H,7,8);1H2/b2-1-;. The molecule has 3 N–H and O–H groups in total. The first kappa shape index (κ1) is 10.6. The molecule has 0 amide bonds. The lowest BCUT2D eigenvalue weighted by atomic mass is 10.5. The third-order valence-electron chi connectivity index (χ3n) is 0.362. The highest BCUT2D eigenvalue weighted by Crippen LogP contribution is 1.67. The molecule has 0 fully saturated rings. The molecular weight excluding hydrogens is 128 g/mol. The van der Waals surface area contributed by atoms with Crippen LogP contribution in [0.15, 0.2) is 12.2 Å². The molecule has 0 spiro atoms. The number of aliphatic carboxylic acids is 2. The third kappa shape index (κ3) is 10.8. The van der Waals surface area contributed by atoms with E-state index in [2.05, 4.69) is 0 Å². The zero-order valence-corrected chi connectivity index (χ0v) is 4.33. The van der Waals surface area contributed by atoms with Crippen LogP contribution in [0, 0.1) is 0 Å². The zero-order chi connectivity index (χ0) is 6.57. The molecule has 0 saturated carbocycles. The van der Waals surface area contributed by atoms with Crippen molar-refractivity contribution in [3.8, 4) is 0 Å². The molecule has 0 radical (unpaired) electrons. The molecule has 0 atom stereocenters. The van der Waals surface area contributed by atoms with E-state index in [1.165, 1.54) is 0 Å². The summed E-state index contributed by atoms with van der Waals surface area (Å²) in [5.74, 6) is -2.80. The van der Waals surface area contributed by atoms with Crippen LogP contribution >= 0.6 is 0 Å². The maximum absolute atomic E-state index is 9.53. The molecule has 0 saturated heterocycles. The van der Waals surface area contributed by atoms with Gasteiger partial charge in [-0.1, -0.05) is 0 Å². The second kappa shape index (κ2) is 4.79. The molecule has 0 bridgehead atoms. The van der Waals surface area contributed by atoms with Gasteiger partial charge in [-0.2, -0.15) is 0 Å². The summed E-state index contributed by atoms with van der Waals surface area (Å²) in [6.07, 6.45) is 0.942. The first-order valence-electron chi connectivity index (χ1n) is 1.75. The number of hydrogen-bond donors (Lipinski definition) is 1. The Morgan fingerprint density at radius 2 is 1.89 bits per heavy atom. The van der Waals surface area contributed by atoms with Crippen LogP contribution in [0.2, 0.25) is 0 Å². The van der Waals surface area contributed by atoms with E-state index in [9.17, 15) is 14.7 Å². The number of carboxylic acid groups (broad SMARTS) is 2. The van der Waals surface area contributed by atoms with Crippen LogP contribution in [0.1, 0.15) is 1.43 Å². The van der Waals surface area contributed by atoms with Gasteiger partial charge in [-0.15, -0.1) is 0 Å². The molecule has 0 aromatic carbocycles. The van der Waals surface area contributed by atoms with Crippen LogP contribution < -0.4 is 5.11 Å². The summed E-state index contributed by atoms with van der Waals surface area (Å²) in [5.41, 5.74) is 0. The van der Waals surface area contributed by atoms with Gasteiger partial charge < -0.3 is 20.5 Å². The van der Waals surface area contributed by atoms with Crippen molar-refractivity contribution < 1.29 is 26.7 Å². The molecule has 5 heteroatoms. The number of carbonyl (C=O) groups is 2. The lowest BCUT2D eigenvalue weighted by Gasteiger charge is -1.85. The van der Waals surface area contributed by atoms with E-state index in [1.54, 1.807) is 0 Å². The van der Waals surface area contributed by atoms with Gasteiger partial charge in [0.05, 0.1) is 5.97 Å². The van der Waals surface area contributed by atoms with Crippen LogP contribution in [-0.2, 0) is 9.59 Å². The van der Waals surface area contributed by atoms with Gasteiger partial charge in [0.1, 0.15) is 0 Å². The topological polar surface area (TPSA) is 109 Å². The Morgan fingerprint density at radius 1 is 1.44 bits per heavy atom. The van der Waals surface area contributed by atoms with Crippen molar-refractivity contribution in [2.24, 2.45) is 0 Å². The minimum absolute atomic E-state index is 0. The lowest BCUT2D eigenvalue weighted by molar-refractivity contribution is -0.297. The third-order valence-corrected chi connectivity index (χ3v) is 0.362. The average Bonchev–Trinajstić information content (AvgIpc) is 1.61. The van der Waals surface area contributed by atoms with Crippen molar-refractivity contribution in [2.45, 2.75) is 0 Å². The predicted molar refractivity (Wildman–Crippen MR) is 26.5 cm³/mol. The molecule has 0 aliphatic heterocycles. The van der Waals surface area contributed by atoms with Crippen LogP contribution in [0.3, 0.4) is 0 Å². The van der Waals surface area contributed by atoms with Crippen molar-refractivity contribution in [3.05, 3.63) is 12.2 Å². The largest absolute Gasteiger partial charge is 1.00 e. The summed E-state index contributed by atoms with van der Waals surface area (Å²) in [6, 6.07) is 0. The molecule has 9 heavy (non-hydrogen) atoms. The van der Waals surface area contributed by atoms with Crippen LogP contribution in [0.5, 0.6) is 0 Å². The average molecular weight is 134 g/mol. The second-order valence-corrected chi connectivity index (χ2v) is 0.991. The van der Waals surface area contributed by atoms with Crippen molar-refractivity contribution in [2.75, 3.05) is 0 Å². The molecule has 0 aliphatic carbocycles. The molecule has 0 aromatic heterocycles. The Labute approximate surface area is 52.0 Å². The van der Waals surface area contributed by atoms with Gasteiger partial charge in [-0.05, 0) is 6.08 Å². The fourth-order valence-corrected chi connectivity index (χ4v) is 0.139. The lowest BCUT2D eigenvalue weighted by Crippen LogP contribution is -2.19. The predicted octanol–water partition coefficient (Wildman–Crippen LogP) is -2.34. The van der Waals surface area contributed by atoms with E-state index in [0.717, 1.165) is 0 Å². The van der Waals surface area contributed by atoms with E-state index in [0.29, 0.717) is 12.2 Å². The number of carboxylic acids is 2. The van der Waals surface area contributed by atoms with Gasteiger partial charge in [0.15, 0.2) is 0 Å². The van der Waals surface area contributed by atoms with Gasteiger partial charge in [-0.3, -0.25) is 0 Å². The highest BCUT2D eigenvalue weighted by molar-refractivity contribution is 5.88. The first-order valence-corrected chi connectivity index (χ1v) is 1.75. The van der Waals surface area contributed by atoms with E-state index in [-0.39, 0.29) is 6.90 Å². The maximum atomic E-state index is 9.53. The van der Waals surface area contributed by atoms with Crippen molar-refractivity contribution in [1.29, 1.82) is 0 Å². The zero-order valence-electron chi connectivity index (χ0n) is 5.33. The molecule has 0 aliphatic rings. The van der Waals surface area contributed by atoms with E-state index >= 15 is 0 Å². The maximum Gasteiger partial charge on any atom is 1.00 e. The molecule has 0 heterocycles. The monoisotopic (exact) mass is 134 g/mol. The van der Waals surface area contributed by atoms with E-state index < -0.39 is 11.9 Å². The van der Waals surface area contributed by atoms with Crippen molar-refractivity contribution >= 4 is 11.9 Å². The van der Waals surface area contributed by atoms with Crippen molar-refractivity contribution in [1.82, 2.24) is 0 Å². The normalized spacial score (nSPS) is 8.44. The summed E-state index contributed by atoms with van der Waals surface area (Å²) in [7, 11) is 0. The number of hydrogen-bond acceptors (Lipinski definition) is 3. The summed E-state index contributed by atoms with van der Waals surface area (Å²) < 4.78 is 0. The van der Waals surface area contributed by atoms with Gasteiger partial charge >= 0.3 is 7.40 Å². The molecule has 0 rings (SSSR count). The van der Waals surface area contributed by atoms with E-state index in [1.807, 2.05) is 0 Å². The quantitative estimate of drug-likeness (QED) is 0.427. The number of rotatable bonds is 2. The Balaban J connectivity index is -0.000000245. The van der Waals surface area contributed by atoms with Gasteiger partial charge in [-0.25, -0.2) is 4.79 Å². The minimum Gasteiger partial charge on any atom is -0.545 e. The van der Waals surface area contributed by atoms with Crippen LogP contribution in [0.25, 0.3) is 0 Å². The van der Waals surface area contributed by atoms with Crippen LogP contribution in [-0.4, -0.2) is 22.5 Å². The Kier molecular flexibility index (Phi) is 5.64. The Bertz CT molecular complexity index is 125. The Hall–Kier alpha value is -1.36. The molecule has 52 valence electrons. The van der Waals surface area contributed by atoms with Crippen molar-refractivity contribution in [3.63, 3.8) is 0 Å².